The molecule has 2 amide bonds. The fraction of sp³-hybridized carbons (Fsp3) is 0.419. The first-order chi connectivity index (χ1) is 18.4. The average molecular weight is 535 g/mol. The largest absolute Gasteiger partial charge is 0.491 e. The molecule has 0 saturated carbocycles. The molecule has 1 unspecified atom stereocenters. The summed E-state index contributed by atoms with van der Waals surface area (Å²) < 4.78 is 11.4. The van der Waals surface area contributed by atoms with Gasteiger partial charge >= 0.3 is 0 Å². The van der Waals surface area contributed by atoms with E-state index < -0.39 is 0 Å². The fourth-order valence-electron chi connectivity index (χ4n) is 4.89. The number of methoxy groups -OCH3 is 1. The molecular formula is C31H38N2O4S. The first-order valence-corrected chi connectivity index (χ1v) is 14.2. The van der Waals surface area contributed by atoms with Gasteiger partial charge in [-0.05, 0) is 72.0 Å². The SMILES string of the molecule is COCCCN(CC(=O)N1CCc2sccc2C1COc1ccc(C(C)C)cc1)C(=O)c1ccccc1C. The maximum Gasteiger partial charge on any atom is 0.254 e. The highest BCUT2D eigenvalue weighted by Gasteiger charge is 2.33. The Morgan fingerprint density at radius 2 is 1.87 bits per heavy atom. The van der Waals surface area contributed by atoms with Crippen molar-refractivity contribution in [2.75, 3.05) is 40.0 Å². The van der Waals surface area contributed by atoms with Gasteiger partial charge in [0, 0.05) is 37.2 Å². The Morgan fingerprint density at radius 3 is 2.58 bits per heavy atom. The lowest BCUT2D eigenvalue weighted by Gasteiger charge is -2.37. The van der Waals surface area contributed by atoms with Crippen molar-refractivity contribution in [1.29, 1.82) is 0 Å². The zero-order valence-corrected chi connectivity index (χ0v) is 23.6. The van der Waals surface area contributed by atoms with E-state index >= 15 is 0 Å². The van der Waals surface area contributed by atoms with Gasteiger partial charge in [-0.1, -0.05) is 44.2 Å². The van der Waals surface area contributed by atoms with E-state index in [9.17, 15) is 9.59 Å². The van der Waals surface area contributed by atoms with Gasteiger partial charge in [-0.3, -0.25) is 9.59 Å². The van der Waals surface area contributed by atoms with Gasteiger partial charge in [-0.2, -0.15) is 0 Å². The molecule has 1 aliphatic rings. The third-order valence-electron chi connectivity index (χ3n) is 7.14. The van der Waals surface area contributed by atoms with E-state index in [-0.39, 0.29) is 24.4 Å². The van der Waals surface area contributed by atoms with E-state index in [0.29, 0.717) is 44.2 Å². The molecule has 1 atom stereocenters. The fourth-order valence-corrected chi connectivity index (χ4v) is 5.82. The molecule has 2 aromatic carbocycles. The van der Waals surface area contributed by atoms with Crippen molar-refractivity contribution in [3.8, 4) is 5.75 Å². The summed E-state index contributed by atoms with van der Waals surface area (Å²) in [7, 11) is 1.64. The summed E-state index contributed by atoms with van der Waals surface area (Å²) in [5, 5.41) is 2.09. The summed E-state index contributed by atoms with van der Waals surface area (Å²) in [6.07, 6.45) is 1.47. The topological polar surface area (TPSA) is 59.1 Å². The number of carbonyl (C=O) groups excluding carboxylic acids is 2. The molecule has 0 bridgehead atoms. The van der Waals surface area contributed by atoms with Crippen molar-refractivity contribution < 1.29 is 19.1 Å². The van der Waals surface area contributed by atoms with Crippen LogP contribution in [0.5, 0.6) is 5.75 Å². The van der Waals surface area contributed by atoms with Gasteiger partial charge in [-0.25, -0.2) is 0 Å². The van der Waals surface area contributed by atoms with Crippen LogP contribution in [0.15, 0.2) is 60.0 Å². The number of carbonyl (C=O) groups is 2. The summed E-state index contributed by atoms with van der Waals surface area (Å²) in [4.78, 5) is 32.1. The molecule has 38 heavy (non-hydrogen) atoms. The Balaban J connectivity index is 1.51. The molecule has 2 heterocycles. The Kier molecular flexibility index (Phi) is 9.58. The van der Waals surface area contributed by atoms with E-state index in [0.717, 1.165) is 23.3 Å². The zero-order chi connectivity index (χ0) is 27.1. The summed E-state index contributed by atoms with van der Waals surface area (Å²) in [6.45, 7) is 8.24. The van der Waals surface area contributed by atoms with Crippen LogP contribution in [0.2, 0.25) is 0 Å². The molecular weight excluding hydrogens is 496 g/mol. The second-order valence-electron chi connectivity index (χ2n) is 10.1. The second kappa shape index (κ2) is 13.1. The van der Waals surface area contributed by atoms with Gasteiger partial charge in [0.2, 0.25) is 5.91 Å². The van der Waals surface area contributed by atoms with Crippen molar-refractivity contribution >= 4 is 23.2 Å². The molecule has 0 saturated heterocycles. The van der Waals surface area contributed by atoms with Gasteiger partial charge in [0.1, 0.15) is 18.9 Å². The number of aryl methyl sites for hydroxylation is 1. The first kappa shape index (κ1) is 27.9. The molecule has 0 radical (unpaired) electrons. The van der Waals surface area contributed by atoms with E-state index in [1.807, 2.05) is 48.2 Å². The van der Waals surface area contributed by atoms with Crippen LogP contribution >= 0.6 is 11.3 Å². The minimum atomic E-state index is -0.198. The van der Waals surface area contributed by atoms with Crippen LogP contribution < -0.4 is 4.74 Å². The monoisotopic (exact) mass is 534 g/mol. The number of fused-ring (bicyclic) bond motifs is 1. The van der Waals surface area contributed by atoms with Crippen LogP contribution in [0.4, 0.5) is 0 Å². The maximum atomic E-state index is 13.8. The van der Waals surface area contributed by atoms with Gasteiger partial charge in [-0.15, -0.1) is 11.3 Å². The van der Waals surface area contributed by atoms with Gasteiger partial charge in [0.25, 0.3) is 5.91 Å². The van der Waals surface area contributed by atoms with Gasteiger partial charge in [0.05, 0.1) is 6.04 Å². The van der Waals surface area contributed by atoms with E-state index in [1.54, 1.807) is 23.3 Å². The van der Waals surface area contributed by atoms with Crippen LogP contribution in [-0.4, -0.2) is 61.6 Å². The number of hydrogen-bond donors (Lipinski definition) is 0. The molecule has 4 rings (SSSR count). The number of nitrogens with zero attached hydrogens (tertiary/aromatic N) is 2. The number of hydrogen-bond acceptors (Lipinski definition) is 5. The molecule has 6 nitrogen and oxygen atoms in total. The van der Waals surface area contributed by atoms with Crippen LogP contribution in [0.25, 0.3) is 0 Å². The minimum Gasteiger partial charge on any atom is -0.491 e. The van der Waals surface area contributed by atoms with Crippen molar-refractivity contribution in [2.45, 2.75) is 45.6 Å². The number of benzene rings is 2. The summed E-state index contributed by atoms with van der Waals surface area (Å²) in [5.74, 6) is 1.06. The number of amides is 2. The number of rotatable bonds is 11. The second-order valence-corrected chi connectivity index (χ2v) is 11.1. The first-order valence-electron chi connectivity index (χ1n) is 13.3. The molecule has 0 spiro atoms. The molecule has 202 valence electrons. The normalized spacial score (nSPS) is 14.9. The van der Waals surface area contributed by atoms with E-state index in [2.05, 4.69) is 37.4 Å². The highest BCUT2D eigenvalue weighted by Crippen LogP contribution is 2.34. The summed E-state index contributed by atoms with van der Waals surface area (Å²) in [5.41, 5.74) is 3.93. The number of thiophene rings is 1. The predicted molar refractivity (Wildman–Crippen MR) is 152 cm³/mol. The molecule has 0 N–H and O–H groups in total. The van der Waals surface area contributed by atoms with Gasteiger partial charge < -0.3 is 19.3 Å². The smallest absolute Gasteiger partial charge is 0.254 e. The van der Waals surface area contributed by atoms with Crippen molar-refractivity contribution in [2.24, 2.45) is 0 Å². The third kappa shape index (κ3) is 6.63. The van der Waals surface area contributed by atoms with E-state index in [4.69, 9.17) is 9.47 Å². The molecule has 1 aliphatic heterocycles. The molecule has 1 aromatic heterocycles. The standard InChI is InChI=1S/C31H38N2O4S/c1-22(2)24-10-12-25(13-11-24)37-21-28-27-15-19-38-29(27)14-17-33(28)30(34)20-32(16-7-18-36-4)31(35)26-9-6-5-8-23(26)3/h5-6,8-13,15,19,22,28H,7,14,16-18,20-21H2,1-4H3. The molecule has 0 fully saturated rings. The molecule has 0 aliphatic carbocycles. The number of ether oxygens (including phenoxy) is 2. The average Bonchev–Trinajstić information content (AvgIpc) is 3.40. The summed E-state index contributed by atoms with van der Waals surface area (Å²) >= 11 is 1.73. The van der Waals surface area contributed by atoms with Crippen LogP contribution in [-0.2, 0) is 16.0 Å². The Labute approximate surface area is 230 Å². The van der Waals surface area contributed by atoms with Crippen molar-refractivity contribution in [3.63, 3.8) is 0 Å². The maximum absolute atomic E-state index is 13.8. The van der Waals surface area contributed by atoms with E-state index in [1.165, 1.54) is 10.4 Å². The predicted octanol–water partition coefficient (Wildman–Crippen LogP) is 5.86. The third-order valence-corrected chi connectivity index (χ3v) is 8.13. The Morgan fingerprint density at radius 1 is 1.11 bits per heavy atom. The van der Waals surface area contributed by atoms with Crippen molar-refractivity contribution in [1.82, 2.24) is 9.80 Å². The minimum absolute atomic E-state index is 0.0237. The Bertz CT molecular complexity index is 1220. The van der Waals surface area contributed by atoms with Crippen LogP contribution in [0, 0.1) is 6.92 Å². The van der Waals surface area contributed by atoms with Crippen molar-refractivity contribution in [3.05, 3.63) is 87.1 Å². The Hall–Kier alpha value is -3.16. The van der Waals surface area contributed by atoms with Crippen LogP contribution in [0.3, 0.4) is 0 Å². The quantitative estimate of drug-likeness (QED) is 0.289. The highest BCUT2D eigenvalue weighted by molar-refractivity contribution is 7.10. The summed E-state index contributed by atoms with van der Waals surface area (Å²) in [6, 6.07) is 17.6. The van der Waals surface area contributed by atoms with Gasteiger partial charge in [0.15, 0.2) is 0 Å². The highest BCUT2D eigenvalue weighted by atomic mass is 32.1. The molecule has 7 heteroatoms. The van der Waals surface area contributed by atoms with Crippen LogP contribution in [0.1, 0.15) is 64.2 Å². The lowest BCUT2D eigenvalue weighted by molar-refractivity contribution is -0.135. The lowest BCUT2D eigenvalue weighted by atomic mass is 10.00. The zero-order valence-electron chi connectivity index (χ0n) is 22.8. The lowest BCUT2D eigenvalue weighted by Crippen LogP contribution is -2.48. The molecule has 3 aromatic rings.